The van der Waals surface area contributed by atoms with E-state index in [1.807, 2.05) is 0 Å². The number of hydrogen-bond donors (Lipinski definition) is 0. The molecule has 2 aromatic carbocycles. The fourth-order valence-corrected chi connectivity index (χ4v) is 1.86. The summed E-state index contributed by atoms with van der Waals surface area (Å²) in [5.41, 5.74) is 1.29. The molecular weight excluding hydrogens is 310 g/mol. The molecule has 0 aliphatic carbocycles. The van der Waals surface area contributed by atoms with E-state index < -0.39 is 4.92 Å². The van der Waals surface area contributed by atoms with Gasteiger partial charge in [0.05, 0.1) is 24.2 Å². The van der Waals surface area contributed by atoms with Crippen molar-refractivity contribution in [3.8, 4) is 17.6 Å². The fourth-order valence-electron chi connectivity index (χ4n) is 1.86. The standard InChI is InChI=1S/C18H15NO5/c1-23-18(20)15-7-5-14(6-8-15)4-2-3-13-24-17-11-9-16(10-12-17)19(21)22/h5-12H,3,13H2,1H3. The number of nitro groups is 1. The van der Waals surface area contributed by atoms with E-state index in [9.17, 15) is 14.9 Å². The van der Waals surface area contributed by atoms with Crippen LogP contribution < -0.4 is 4.74 Å². The van der Waals surface area contributed by atoms with E-state index in [4.69, 9.17) is 4.74 Å². The molecule has 0 heterocycles. The van der Waals surface area contributed by atoms with Gasteiger partial charge in [-0.05, 0) is 36.4 Å². The molecule has 0 radical (unpaired) electrons. The van der Waals surface area contributed by atoms with Gasteiger partial charge in [0.15, 0.2) is 0 Å². The summed E-state index contributed by atoms with van der Waals surface area (Å²) in [6, 6.07) is 12.7. The van der Waals surface area contributed by atoms with Crippen LogP contribution in [-0.4, -0.2) is 24.6 Å². The predicted octanol–water partition coefficient (Wildman–Crippen LogP) is 3.20. The van der Waals surface area contributed by atoms with Gasteiger partial charge in [0, 0.05) is 24.1 Å². The Labute approximate surface area is 139 Å². The van der Waals surface area contributed by atoms with Gasteiger partial charge in [-0.15, -0.1) is 0 Å². The maximum atomic E-state index is 11.3. The van der Waals surface area contributed by atoms with Crippen LogP contribution in [-0.2, 0) is 4.74 Å². The topological polar surface area (TPSA) is 78.7 Å². The molecule has 0 spiro atoms. The number of nitro benzene ring substituents is 1. The molecule has 6 heteroatoms. The van der Waals surface area contributed by atoms with E-state index in [-0.39, 0.29) is 11.7 Å². The van der Waals surface area contributed by atoms with E-state index in [2.05, 4.69) is 16.6 Å². The lowest BCUT2D eigenvalue weighted by atomic mass is 10.1. The van der Waals surface area contributed by atoms with E-state index in [1.165, 1.54) is 19.2 Å². The molecule has 0 unspecified atom stereocenters. The van der Waals surface area contributed by atoms with Crippen LogP contribution in [0.1, 0.15) is 22.3 Å². The molecule has 0 bridgehead atoms. The highest BCUT2D eigenvalue weighted by Crippen LogP contribution is 2.17. The van der Waals surface area contributed by atoms with E-state index in [0.29, 0.717) is 24.3 Å². The lowest BCUT2D eigenvalue weighted by Crippen LogP contribution is -2.00. The van der Waals surface area contributed by atoms with Crippen LogP contribution in [0.4, 0.5) is 5.69 Å². The Hall–Kier alpha value is -3.33. The normalized spacial score (nSPS) is 9.54. The number of benzene rings is 2. The highest BCUT2D eigenvalue weighted by Gasteiger charge is 2.04. The first kappa shape index (κ1) is 17.0. The molecule has 0 atom stereocenters. The second-order valence-corrected chi connectivity index (χ2v) is 4.72. The SMILES string of the molecule is COC(=O)c1ccc(C#CCCOc2ccc([N+](=O)[O-])cc2)cc1. The molecule has 0 aliphatic rings. The third kappa shape index (κ3) is 4.85. The molecule has 0 aromatic heterocycles. The highest BCUT2D eigenvalue weighted by molar-refractivity contribution is 5.89. The average molecular weight is 325 g/mol. The average Bonchev–Trinajstić information content (AvgIpc) is 2.61. The van der Waals surface area contributed by atoms with Gasteiger partial charge >= 0.3 is 5.97 Å². The van der Waals surface area contributed by atoms with Crippen LogP contribution in [0, 0.1) is 22.0 Å². The number of esters is 1. The van der Waals surface area contributed by atoms with Crippen LogP contribution in [0.3, 0.4) is 0 Å². The van der Waals surface area contributed by atoms with Gasteiger partial charge in [-0.25, -0.2) is 4.79 Å². The number of hydrogen-bond acceptors (Lipinski definition) is 5. The molecule has 0 saturated carbocycles. The number of ether oxygens (including phenoxy) is 2. The summed E-state index contributed by atoms with van der Waals surface area (Å²) in [5.74, 6) is 6.11. The lowest BCUT2D eigenvalue weighted by molar-refractivity contribution is -0.384. The van der Waals surface area contributed by atoms with Crippen molar-refractivity contribution in [2.45, 2.75) is 6.42 Å². The van der Waals surface area contributed by atoms with Crippen LogP contribution in [0.25, 0.3) is 0 Å². The minimum Gasteiger partial charge on any atom is -0.493 e. The third-order valence-electron chi connectivity index (χ3n) is 3.08. The Kier molecular flexibility index (Phi) is 5.92. The Morgan fingerprint density at radius 3 is 2.38 bits per heavy atom. The van der Waals surface area contributed by atoms with Crippen molar-refractivity contribution in [2.75, 3.05) is 13.7 Å². The van der Waals surface area contributed by atoms with Gasteiger partial charge in [0.2, 0.25) is 0 Å². The molecule has 0 aliphatic heterocycles. The Morgan fingerprint density at radius 1 is 1.12 bits per heavy atom. The van der Waals surface area contributed by atoms with Crippen LogP contribution >= 0.6 is 0 Å². The molecule has 0 fully saturated rings. The number of non-ortho nitro benzene ring substituents is 1. The van der Waals surface area contributed by atoms with Crippen molar-refractivity contribution < 1.29 is 19.2 Å². The van der Waals surface area contributed by atoms with Gasteiger partial charge in [0.25, 0.3) is 5.69 Å². The highest BCUT2D eigenvalue weighted by atomic mass is 16.6. The monoisotopic (exact) mass is 325 g/mol. The Bertz CT molecular complexity index is 770. The predicted molar refractivity (Wildman–Crippen MR) is 87.9 cm³/mol. The van der Waals surface area contributed by atoms with Crippen LogP contribution in [0.5, 0.6) is 5.75 Å². The first-order chi connectivity index (χ1) is 11.6. The summed E-state index contributed by atoms with van der Waals surface area (Å²) in [6.07, 6.45) is 0.510. The lowest BCUT2D eigenvalue weighted by Gasteiger charge is -2.02. The van der Waals surface area contributed by atoms with Crippen molar-refractivity contribution in [3.63, 3.8) is 0 Å². The summed E-state index contributed by atoms with van der Waals surface area (Å²) in [4.78, 5) is 21.4. The molecule has 0 amide bonds. The molecule has 24 heavy (non-hydrogen) atoms. The Balaban J connectivity index is 1.81. The largest absolute Gasteiger partial charge is 0.493 e. The summed E-state index contributed by atoms with van der Waals surface area (Å²) in [7, 11) is 1.33. The first-order valence-corrected chi connectivity index (χ1v) is 7.14. The van der Waals surface area contributed by atoms with Gasteiger partial charge in [-0.2, -0.15) is 0 Å². The smallest absolute Gasteiger partial charge is 0.337 e. The fraction of sp³-hybridized carbons (Fsp3) is 0.167. The van der Waals surface area contributed by atoms with E-state index >= 15 is 0 Å². The van der Waals surface area contributed by atoms with E-state index in [0.717, 1.165) is 5.56 Å². The number of carbonyl (C=O) groups is 1. The number of methoxy groups -OCH3 is 1. The van der Waals surface area contributed by atoms with Crippen molar-refractivity contribution >= 4 is 11.7 Å². The Morgan fingerprint density at radius 2 is 1.79 bits per heavy atom. The molecule has 2 rings (SSSR count). The summed E-state index contributed by atoms with van der Waals surface area (Å²) >= 11 is 0. The number of rotatable bonds is 5. The molecule has 122 valence electrons. The van der Waals surface area contributed by atoms with Crippen molar-refractivity contribution in [2.24, 2.45) is 0 Å². The minimum atomic E-state index is -0.458. The van der Waals surface area contributed by atoms with E-state index in [1.54, 1.807) is 36.4 Å². The van der Waals surface area contributed by atoms with Crippen molar-refractivity contribution in [3.05, 3.63) is 69.8 Å². The zero-order valence-corrected chi connectivity index (χ0v) is 13.0. The molecule has 0 saturated heterocycles. The summed E-state index contributed by atoms with van der Waals surface area (Å²) < 4.78 is 10.1. The van der Waals surface area contributed by atoms with Gasteiger partial charge in [-0.1, -0.05) is 11.8 Å². The molecular formula is C18H15NO5. The quantitative estimate of drug-likeness (QED) is 0.277. The summed E-state index contributed by atoms with van der Waals surface area (Å²) in [5, 5.41) is 10.5. The zero-order valence-electron chi connectivity index (χ0n) is 13.0. The molecule has 2 aromatic rings. The maximum absolute atomic E-state index is 11.3. The third-order valence-corrected chi connectivity index (χ3v) is 3.08. The number of nitrogens with zero attached hydrogens (tertiary/aromatic N) is 1. The second kappa shape index (κ2) is 8.34. The first-order valence-electron chi connectivity index (χ1n) is 7.14. The minimum absolute atomic E-state index is 0.0255. The molecule has 6 nitrogen and oxygen atoms in total. The second-order valence-electron chi connectivity index (χ2n) is 4.72. The van der Waals surface area contributed by atoms with Gasteiger partial charge < -0.3 is 9.47 Å². The maximum Gasteiger partial charge on any atom is 0.337 e. The van der Waals surface area contributed by atoms with Gasteiger partial charge in [-0.3, -0.25) is 10.1 Å². The van der Waals surface area contributed by atoms with Crippen LogP contribution in [0.2, 0.25) is 0 Å². The van der Waals surface area contributed by atoms with Gasteiger partial charge in [0.1, 0.15) is 5.75 Å². The number of carbonyl (C=O) groups excluding carboxylic acids is 1. The van der Waals surface area contributed by atoms with Crippen molar-refractivity contribution in [1.29, 1.82) is 0 Å². The van der Waals surface area contributed by atoms with Crippen LogP contribution in [0.15, 0.2) is 48.5 Å². The zero-order chi connectivity index (χ0) is 17.4. The summed E-state index contributed by atoms with van der Waals surface area (Å²) in [6.45, 7) is 0.380. The molecule has 0 N–H and O–H groups in total. The van der Waals surface area contributed by atoms with Crippen molar-refractivity contribution in [1.82, 2.24) is 0 Å².